The monoisotopic (exact) mass is 635 g/mol. The molecule has 2 saturated heterocycles. The van der Waals surface area contributed by atoms with Crippen LogP contribution in [-0.4, -0.2) is 80.4 Å². The van der Waals surface area contributed by atoms with Gasteiger partial charge in [0.2, 0.25) is 5.91 Å². The zero-order valence-corrected chi connectivity index (χ0v) is 25.4. The lowest BCUT2D eigenvalue weighted by molar-refractivity contribution is -0.120. The van der Waals surface area contributed by atoms with Gasteiger partial charge in [0.15, 0.2) is 0 Å². The van der Waals surface area contributed by atoms with Gasteiger partial charge in [-0.25, -0.2) is 17.6 Å². The highest BCUT2D eigenvalue weighted by atomic mass is 32.2. The Bertz CT molecular complexity index is 1500. The first-order chi connectivity index (χ1) is 20.9. The van der Waals surface area contributed by atoms with Crippen molar-refractivity contribution in [3.05, 3.63) is 82.1 Å². The molecule has 0 unspecified atom stereocenters. The molecule has 0 radical (unpaired) electrons. The van der Waals surface area contributed by atoms with E-state index < -0.39 is 46.5 Å². The molecule has 3 aliphatic rings. The van der Waals surface area contributed by atoms with Crippen molar-refractivity contribution < 1.29 is 30.8 Å². The minimum absolute atomic E-state index is 0.0212. The van der Waals surface area contributed by atoms with Crippen LogP contribution in [0.15, 0.2) is 58.7 Å². The van der Waals surface area contributed by atoms with E-state index in [1.807, 2.05) is 0 Å². The Labute approximate surface area is 255 Å². The summed E-state index contributed by atoms with van der Waals surface area (Å²) in [5.74, 6) is -4.53. The molecular weight excluding hydrogens is 598 g/mol. The van der Waals surface area contributed by atoms with E-state index in [4.69, 9.17) is 0 Å². The van der Waals surface area contributed by atoms with Crippen LogP contribution >= 0.6 is 0 Å². The summed E-state index contributed by atoms with van der Waals surface area (Å²) in [6, 6.07) is 9.98. The maximum atomic E-state index is 14.3. The predicted octanol–water partition coefficient (Wildman–Crippen LogP) is 4.28. The van der Waals surface area contributed by atoms with E-state index in [9.17, 15) is 30.8 Å². The average molecular weight is 636 g/mol. The van der Waals surface area contributed by atoms with E-state index in [-0.39, 0.29) is 38.0 Å². The summed E-state index contributed by atoms with van der Waals surface area (Å²) in [6.07, 6.45) is 1.50. The molecule has 5 rings (SSSR count). The van der Waals surface area contributed by atoms with E-state index in [0.29, 0.717) is 54.9 Å². The van der Waals surface area contributed by atoms with Crippen molar-refractivity contribution in [3.8, 4) is 0 Å². The number of halogens is 4. The maximum absolute atomic E-state index is 14.3. The largest absolute Gasteiger partial charge is 0.325 e. The van der Waals surface area contributed by atoms with Crippen LogP contribution < -0.4 is 10.6 Å². The lowest BCUT2D eigenvalue weighted by atomic mass is 9.87. The fourth-order valence-corrected chi connectivity index (χ4v) is 7.88. The van der Waals surface area contributed by atoms with Gasteiger partial charge < -0.3 is 10.6 Å². The van der Waals surface area contributed by atoms with E-state index in [1.54, 1.807) is 31.3 Å². The zero-order chi connectivity index (χ0) is 31.5. The Balaban J connectivity index is 1.26. The highest BCUT2D eigenvalue weighted by Crippen LogP contribution is 2.32. The Morgan fingerprint density at radius 3 is 2.50 bits per heavy atom. The minimum Gasteiger partial charge on any atom is -0.325 e. The van der Waals surface area contributed by atoms with Gasteiger partial charge in [-0.05, 0) is 66.3 Å². The van der Waals surface area contributed by atoms with Crippen LogP contribution in [0.4, 0.5) is 17.6 Å². The van der Waals surface area contributed by atoms with Gasteiger partial charge in [0.05, 0.1) is 12.2 Å². The van der Waals surface area contributed by atoms with Gasteiger partial charge in [-0.2, -0.15) is 17.0 Å². The number of carbonyl (C=O) groups is 1. The number of hydrogen-bond acceptors (Lipinski definition) is 5. The lowest BCUT2D eigenvalue weighted by Gasteiger charge is -2.40. The SMILES string of the molecule is Cc1cc(F)cc([C@@H](CC(=O)NC2=C(CC[C@H]3CNCCN3S(=O)(=O)N3CCC(F)(F)CC3)CN=C2)c2ccc(F)cc2)c1. The number of nitrogens with one attached hydrogen (secondary N) is 2. The standard InChI is InChI=1S/C31H37F4N5O3S/c1-21-14-24(16-26(33)15-21)28(22-2-5-25(32)6-3-22)17-30(41)38-29-20-37-18-23(29)4-7-27-19-36-10-13-40(27)44(42,43)39-11-8-31(34,35)9-12-39/h2-3,5-6,14-16,20,27-28,36H,4,7-13,17-19H2,1H3,(H,38,41)/t27-,28-/m0/s1. The Morgan fingerprint density at radius 2 is 1.80 bits per heavy atom. The van der Waals surface area contributed by atoms with Crippen molar-refractivity contribution in [3.63, 3.8) is 0 Å². The van der Waals surface area contributed by atoms with Crippen molar-refractivity contribution >= 4 is 22.3 Å². The number of nitrogens with zero attached hydrogens (tertiary/aromatic N) is 3. The molecule has 2 atom stereocenters. The van der Waals surface area contributed by atoms with Gasteiger partial charge in [0, 0.05) is 70.2 Å². The number of allylic oxidation sites excluding steroid dienone is 1. The van der Waals surface area contributed by atoms with Crippen LogP contribution in [0, 0.1) is 18.6 Å². The molecule has 2 aromatic carbocycles. The minimum atomic E-state index is -3.91. The number of aliphatic imine (C=N–C) groups is 1. The van der Waals surface area contributed by atoms with Crippen LogP contribution in [-0.2, 0) is 15.0 Å². The quantitative estimate of drug-likeness (QED) is 0.382. The summed E-state index contributed by atoms with van der Waals surface area (Å²) >= 11 is 0. The molecule has 2 N–H and O–H groups in total. The summed E-state index contributed by atoms with van der Waals surface area (Å²) in [5.41, 5.74) is 3.36. The number of amides is 1. The van der Waals surface area contributed by atoms with Crippen molar-refractivity contribution in [2.75, 3.05) is 39.3 Å². The van der Waals surface area contributed by atoms with E-state index in [0.717, 1.165) is 9.88 Å². The lowest BCUT2D eigenvalue weighted by Crippen LogP contribution is -2.58. The predicted molar refractivity (Wildman–Crippen MR) is 160 cm³/mol. The third-order valence-corrected chi connectivity index (χ3v) is 10.5. The molecule has 2 aromatic rings. The van der Waals surface area contributed by atoms with Gasteiger partial charge in [-0.1, -0.05) is 18.2 Å². The number of alkyl halides is 2. The summed E-state index contributed by atoms with van der Waals surface area (Å²) in [4.78, 5) is 17.6. The summed E-state index contributed by atoms with van der Waals surface area (Å²) in [6.45, 7) is 2.82. The number of carbonyl (C=O) groups excluding carboxylic acids is 1. The van der Waals surface area contributed by atoms with E-state index >= 15 is 0 Å². The number of piperazine rings is 1. The summed E-state index contributed by atoms with van der Waals surface area (Å²) in [7, 11) is -3.91. The molecule has 0 spiro atoms. The number of piperidine rings is 1. The topological polar surface area (TPSA) is 94.1 Å². The normalized spacial score (nSPS) is 21.9. The molecule has 238 valence electrons. The molecule has 8 nitrogen and oxygen atoms in total. The molecule has 1 amide bonds. The first kappa shape index (κ1) is 32.3. The van der Waals surface area contributed by atoms with Crippen LogP contribution in [0.1, 0.15) is 54.7 Å². The molecule has 0 saturated carbocycles. The molecule has 0 aliphatic carbocycles. The zero-order valence-electron chi connectivity index (χ0n) is 24.5. The number of benzene rings is 2. The third-order valence-electron chi connectivity index (χ3n) is 8.44. The molecule has 0 aromatic heterocycles. The van der Waals surface area contributed by atoms with Gasteiger partial charge in [-0.3, -0.25) is 9.79 Å². The fourth-order valence-electron chi connectivity index (χ4n) is 6.06. The van der Waals surface area contributed by atoms with Crippen LogP contribution in [0.2, 0.25) is 0 Å². The molecule has 44 heavy (non-hydrogen) atoms. The summed E-state index contributed by atoms with van der Waals surface area (Å²) in [5, 5.41) is 6.15. The Hall–Kier alpha value is -3.13. The van der Waals surface area contributed by atoms with Gasteiger partial charge in [-0.15, -0.1) is 0 Å². The van der Waals surface area contributed by atoms with E-state index in [2.05, 4.69) is 15.6 Å². The Kier molecular flexibility index (Phi) is 9.88. The van der Waals surface area contributed by atoms with Crippen molar-refractivity contribution in [1.29, 1.82) is 0 Å². The fraction of sp³-hybridized carbons (Fsp3) is 0.484. The summed E-state index contributed by atoms with van der Waals surface area (Å²) < 4.78 is 84.7. The second kappa shape index (κ2) is 13.5. The first-order valence-electron chi connectivity index (χ1n) is 14.8. The van der Waals surface area contributed by atoms with Gasteiger partial charge >= 0.3 is 0 Å². The molecule has 0 bridgehead atoms. The smallest absolute Gasteiger partial charge is 0.282 e. The molecule has 3 heterocycles. The Morgan fingerprint density at radius 1 is 1.07 bits per heavy atom. The maximum Gasteiger partial charge on any atom is 0.282 e. The number of aryl methyl sites for hydroxylation is 1. The highest BCUT2D eigenvalue weighted by Gasteiger charge is 2.42. The van der Waals surface area contributed by atoms with Crippen LogP contribution in [0.25, 0.3) is 0 Å². The number of rotatable bonds is 10. The second-order valence-electron chi connectivity index (χ2n) is 11.7. The van der Waals surface area contributed by atoms with E-state index in [1.165, 1.54) is 28.6 Å². The van der Waals surface area contributed by atoms with Crippen molar-refractivity contribution in [2.24, 2.45) is 4.99 Å². The van der Waals surface area contributed by atoms with Crippen molar-refractivity contribution in [2.45, 2.75) is 56.9 Å². The number of hydrogen-bond donors (Lipinski definition) is 2. The highest BCUT2D eigenvalue weighted by molar-refractivity contribution is 7.86. The molecular formula is C31H37F4N5O3S. The van der Waals surface area contributed by atoms with Crippen LogP contribution in [0.5, 0.6) is 0 Å². The van der Waals surface area contributed by atoms with Crippen LogP contribution in [0.3, 0.4) is 0 Å². The molecule has 13 heteroatoms. The molecule has 2 fully saturated rings. The third kappa shape index (κ3) is 7.74. The molecule has 3 aliphatic heterocycles. The average Bonchev–Trinajstić information content (AvgIpc) is 3.41. The van der Waals surface area contributed by atoms with Crippen molar-refractivity contribution in [1.82, 2.24) is 19.2 Å². The second-order valence-corrected chi connectivity index (χ2v) is 13.6. The van der Waals surface area contributed by atoms with Gasteiger partial charge in [0.25, 0.3) is 16.1 Å². The first-order valence-corrected chi connectivity index (χ1v) is 16.2. The van der Waals surface area contributed by atoms with Gasteiger partial charge in [0.1, 0.15) is 11.6 Å².